The standard InChI is InChI=1S/C34H39BrN6O4/c1-20-14-23-32(21(2)42)39-40-19-31(45)41-26(16-34(3)17-28(34)41)27(43)15-25-22(12-13-29(35)38-25)18-36-30(44)11-9-7-5-4-6-8-10-24(37-20)33(23)40/h6,8,12-14,26,28H,4-5,7,9-11,15-19H2,1-3H3,(H,36,44)/b8-6+/t26-,28+,34-/m0/s1. The molecule has 2 amide bonds. The molecule has 6 rings (SSSR count). The van der Waals surface area contributed by atoms with Crippen molar-refractivity contribution in [2.75, 3.05) is 0 Å². The zero-order valence-electron chi connectivity index (χ0n) is 26.1. The molecule has 0 bridgehead atoms. The van der Waals surface area contributed by atoms with Gasteiger partial charge in [-0.3, -0.25) is 28.8 Å². The molecule has 5 heterocycles. The van der Waals surface area contributed by atoms with E-state index in [1.54, 1.807) is 9.58 Å². The van der Waals surface area contributed by atoms with E-state index >= 15 is 0 Å². The molecule has 0 spiro atoms. The molecule has 3 aliphatic rings. The molecule has 3 atom stereocenters. The Balaban J connectivity index is 1.37. The highest BCUT2D eigenvalue weighted by Crippen LogP contribution is 2.59. The molecule has 1 saturated carbocycles. The van der Waals surface area contributed by atoms with Gasteiger partial charge in [0, 0.05) is 43.4 Å². The van der Waals surface area contributed by atoms with Crippen molar-refractivity contribution < 1.29 is 19.2 Å². The molecular weight excluding hydrogens is 636 g/mol. The summed E-state index contributed by atoms with van der Waals surface area (Å²) >= 11 is 3.43. The van der Waals surface area contributed by atoms with Gasteiger partial charge in [0.2, 0.25) is 11.8 Å². The molecule has 2 aliphatic heterocycles. The first-order valence-electron chi connectivity index (χ1n) is 15.8. The van der Waals surface area contributed by atoms with Gasteiger partial charge >= 0.3 is 0 Å². The molecule has 45 heavy (non-hydrogen) atoms. The fourth-order valence-corrected chi connectivity index (χ4v) is 7.33. The zero-order chi connectivity index (χ0) is 31.9. The number of carbonyl (C=O) groups excluding carboxylic acids is 4. The van der Waals surface area contributed by atoms with Gasteiger partial charge in [0.1, 0.15) is 16.8 Å². The summed E-state index contributed by atoms with van der Waals surface area (Å²) in [6.07, 6.45) is 10.2. The first kappa shape index (κ1) is 31.3. The number of piperidine rings is 1. The van der Waals surface area contributed by atoms with Crippen LogP contribution in [0.2, 0.25) is 0 Å². The summed E-state index contributed by atoms with van der Waals surface area (Å²) in [4.78, 5) is 64.5. The number of halogens is 1. The third-order valence-corrected chi connectivity index (χ3v) is 9.89. The molecule has 2 fully saturated rings. The number of hydrogen-bond acceptors (Lipinski definition) is 7. The van der Waals surface area contributed by atoms with Crippen LogP contribution in [0.1, 0.15) is 91.9 Å². The molecule has 1 N–H and O–H groups in total. The highest BCUT2D eigenvalue weighted by Gasteiger charge is 2.64. The summed E-state index contributed by atoms with van der Waals surface area (Å²) in [7, 11) is 0. The predicted octanol–water partition coefficient (Wildman–Crippen LogP) is 4.97. The highest BCUT2D eigenvalue weighted by molar-refractivity contribution is 9.10. The van der Waals surface area contributed by atoms with Crippen LogP contribution in [0.15, 0.2) is 35.0 Å². The largest absolute Gasteiger partial charge is 0.352 e. The number of aryl methyl sites for hydroxylation is 1. The maximum atomic E-state index is 14.1. The second-order valence-corrected chi connectivity index (χ2v) is 13.8. The van der Waals surface area contributed by atoms with Crippen LogP contribution in [-0.4, -0.2) is 60.1 Å². The number of ketones is 2. The Morgan fingerprint density at radius 1 is 1.07 bits per heavy atom. The number of hydrogen-bond donors (Lipinski definition) is 1. The topological polar surface area (TPSA) is 127 Å². The van der Waals surface area contributed by atoms with Gasteiger partial charge in [-0.25, -0.2) is 4.98 Å². The first-order chi connectivity index (χ1) is 21.5. The van der Waals surface area contributed by atoms with Crippen molar-refractivity contribution in [2.45, 2.75) is 104 Å². The molecule has 1 saturated heterocycles. The van der Waals surface area contributed by atoms with Crippen molar-refractivity contribution in [3.63, 3.8) is 0 Å². The van der Waals surface area contributed by atoms with Gasteiger partial charge in [0.15, 0.2) is 11.6 Å². The Morgan fingerprint density at radius 3 is 2.69 bits per heavy atom. The van der Waals surface area contributed by atoms with Gasteiger partial charge in [-0.05, 0) is 78.1 Å². The molecule has 0 radical (unpaired) electrons. The van der Waals surface area contributed by atoms with Crippen LogP contribution in [0.25, 0.3) is 10.9 Å². The minimum Gasteiger partial charge on any atom is -0.352 e. The van der Waals surface area contributed by atoms with E-state index in [2.05, 4.69) is 50.4 Å². The predicted molar refractivity (Wildman–Crippen MR) is 172 cm³/mol. The van der Waals surface area contributed by atoms with E-state index in [4.69, 9.17) is 4.98 Å². The fraction of sp³-hybridized carbons (Fsp3) is 0.500. The molecule has 3 aromatic heterocycles. The van der Waals surface area contributed by atoms with Gasteiger partial charge in [-0.1, -0.05) is 31.6 Å². The van der Waals surface area contributed by atoms with Crippen LogP contribution >= 0.6 is 15.9 Å². The summed E-state index contributed by atoms with van der Waals surface area (Å²) in [6, 6.07) is 4.94. The number of allylic oxidation sites excluding steroid dienone is 2. The quantitative estimate of drug-likeness (QED) is 0.219. The number of pyridine rings is 2. The van der Waals surface area contributed by atoms with E-state index < -0.39 is 6.04 Å². The Bertz CT molecular complexity index is 1730. The van der Waals surface area contributed by atoms with Gasteiger partial charge in [0.05, 0.1) is 29.4 Å². The van der Waals surface area contributed by atoms with Crippen molar-refractivity contribution in [3.05, 3.63) is 63.3 Å². The van der Waals surface area contributed by atoms with E-state index in [1.165, 1.54) is 6.92 Å². The highest BCUT2D eigenvalue weighted by atomic mass is 79.9. The third kappa shape index (κ3) is 6.50. The smallest absolute Gasteiger partial charge is 0.245 e. The number of nitrogens with one attached hydrogen (secondary N) is 1. The maximum Gasteiger partial charge on any atom is 0.245 e. The lowest BCUT2D eigenvalue weighted by Crippen LogP contribution is -2.45. The Kier molecular flexibility index (Phi) is 8.74. The minimum atomic E-state index is -0.584. The van der Waals surface area contributed by atoms with Gasteiger partial charge in [-0.2, -0.15) is 5.10 Å². The van der Waals surface area contributed by atoms with Crippen molar-refractivity contribution in [3.8, 4) is 0 Å². The number of nitrogens with zero attached hydrogens (tertiary/aromatic N) is 5. The molecule has 0 unspecified atom stereocenters. The van der Waals surface area contributed by atoms with E-state index in [1.807, 2.05) is 25.1 Å². The maximum absolute atomic E-state index is 14.1. The summed E-state index contributed by atoms with van der Waals surface area (Å²) in [5.74, 6) is -0.470. The lowest BCUT2D eigenvalue weighted by atomic mass is 9.96. The van der Waals surface area contributed by atoms with Crippen molar-refractivity contribution >= 4 is 50.2 Å². The molecule has 236 valence electrons. The third-order valence-electron chi connectivity index (χ3n) is 9.44. The Morgan fingerprint density at radius 2 is 1.89 bits per heavy atom. The molecule has 1 aliphatic carbocycles. The van der Waals surface area contributed by atoms with E-state index in [-0.39, 0.29) is 47.8 Å². The lowest BCUT2D eigenvalue weighted by molar-refractivity contribution is -0.139. The lowest BCUT2D eigenvalue weighted by Gasteiger charge is -2.27. The number of carbonyl (C=O) groups is 4. The second-order valence-electron chi connectivity index (χ2n) is 13.0. The minimum absolute atomic E-state index is 0.0180. The number of Topliss-reactive ketones (excluding diaryl/α,β-unsaturated/α-hetero) is 2. The monoisotopic (exact) mass is 674 g/mol. The summed E-state index contributed by atoms with van der Waals surface area (Å²) < 4.78 is 2.23. The van der Waals surface area contributed by atoms with E-state index in [0.29, 0.717) is 52.7 Å². The second kappa shape index (κ2) is 12.6. The van der Waals surface area contributed by atoms with Gasteiger partial charge in [-0.15, -0.1) is 0 Å². The van der Waals surface area contributed by atoms with Crippen LogP contribution in [0.5, 0.6) is 0 Å². The number of rotatable bonds is 1. The van der Waals surface area contributed by atoms with Crippen LogP contribution in [-0.2, 0) is 40.3 Å². The molecule has 10 nitrogen and oxygen atoms in total. The number of aromatic nitrogens is 4. The molecular formula is C34H39BrN6O4. The number of amides is 2. The SMILES string of the molecule is CC(=O)c1nn2c3c(nc(C)cc13)C/C=C/CCCCCC(=O)NCc1ccc(Br)nc1CC(=O)[C@@H]1C[C@@]3(C)C[C@H]3N1C(=O)C2. The molecule has 3 aromatic rings. The normalized spacial score (nSPS) is 25.4. The molecule has 11 heteroatoms. The van der Waals surface area contributed by atoms with Crippen molar-refractivity contribution in [1.29, 1.82) is 0 Å². The van der Waals surface area contributed by atoms with Crippen LogP contribution in [0, 0.1) is 12.3 Å². The van der Waals surface area contributed by atoms with Gasteiger partial charge < -0.3 is 10.2 Å². The van der Waals surface area contributed by atoms with Gasteiger partial charge in [0.25, 0.3) is 0 Å². The Labute approximate surface area is 271 Å². The fourth-order valence-electron chi connectivity index (χ4n) is 6.98. The first-order valence-corrected chi connectivity index (χ1v) is 16.6. The van der Waals surface area contributed by atoms with Crippen molar-refractivity contribution in [2.24, 2.45) is 5.41 Å². The number of fused-ring (bicyclic) bond motifs is 4. The summed E-state index contributed by atoms with van der Waals surface area (Å²) in [5.41, 5.74) is 3.81. The zero-order valence-corrected chi connectivity index (χ0v) is 27.7. The average molecular weight is 676 g/mol. The van der Waals surface area contributed by atoms with Crippen molar-refractivity contribution in [1.82, 2.24) is 30.0 Å². The summed E-state index contributed by atoms with van der Waals surface area (Å²) in [5, 5.41) is 8.32. The van der Waals surface area contributed by atoms with Crippen LogP contribution < -0.4 is 5.32 Å². The average Bonchev–Trinajstić information content (AvgIpc) is 3.34. The van der Waals surface area contributed by atoms with Crippen LogP contribution in [0.4, 0.5) is 0 Å². The Hall–Kier alpha value is -3.73. The molecule has 0 aromatic carbocycles. The van der Waals surface area contributed by atoms with Crippen LogP contribution in [0.3, 0.4) is 0 Å². The summed E-state index contributed by atoms with van der Waals surface area (Å²) in [6.45, 7) is 5.71. The van der Waals surface area contributed by atoms with E-state index in [9.17, 15) is 19.2 Å². The van der Waals surface area contributed by atoms with E-state index in [0.717, 1.165) is 49.1 Å².